The topological polar surface area (TPSA) is 81.2 Å². The van der Waals surface area contributed by atoms with Gasteiger partial charge in [-0.1, -0.05) is 91.3 Å². The van der Waals surface area contributed by atoms with Crippen LogP contribution in [0.4, 0.5) is 5.69 Å². The molecule has 3 aromatic rings. The summed E-state index contributed by atoms with van der Waals surface area (Å²) in [6.07, 6.45) is 4.08. The number of amides is 3. The van der Waals surface area contributed by atoms with Gasteiger partial charge in [-0.15, -0.1) is 24.9 Å². The first-order valence-electron chi connectivity index (χ1n) is 16.0. The molecule has 0 aliphatic carbocycles. The van der Waals surface area contributed by atoms with Gasteiger partial charge in [-0.2, -0.15) is 0 Å². The predicted octanol–water partition coefficient (Wildman–Crippen LogP) is 6.14. The lowest BCUT2D eigenvalue weighted by Gasteiger charge is -2.42. The summed E-state index contributed by atoms with van der Waals surface area (Å²) in [6, 6.07) is 24.4. The number of aliphatic hydroxyl groups excluding tert-OH is 1. The van der Waals surface area contributed by atoms with Gasteiger partial charge in [0.05, 0.1) is 29.2 Å². The van der Waals surface area contributed by atoms with Crippen LogP contribution in [0.1, 0.15) is 30.5 Å². The lowest BCUT2D eigenvalue weighted by Crippen LogP contribution is -2.58. The number of hydrogen-bond donors (Lipinski definition) is 1. The maximum atomic E-state index is 15.1. The maximum absolute atomic E-state index is 15.1. The number of fused-ring (bicyclic) bond motifs is 1. The van der Waals surface area contributed by atoms with E-state index in [2.05, 4.69) is 20.1 Å². The lowest BCUT2D eigenvalue weighted by atomic mass is 9.65. The third-order valence-corrected chi connectivity index (χ3v) is 12.3. The SMILES string of the molecule is C=CCN(Cc1ccccc1)C(=O)[C@@H]1[C@H]2C(=O)N([C@H](CO)c3ccccc3)C(C(=O)N(CC=C)c3ccc(Cl)cc3)C23S[C@@H]1CC3C. The summed E-state index contributed by atoms with van der Waals surface area (Å²) < 4.78 is -0.875. The summed E-state index contributed by atoms with van der Waals surface area (Å²) in [5.74, 6) is -2.03. The first-order chi connectivity index (χ1) is 22.8. The lowest BCUT2D eigenvalue weighted by molar-refractivity contribution is -0.146. The Morgan fingerprint density at radius 1 is 1.00 bits per heavy atom. The number of nitrogens with zero attached hydrogens (tertiary/aromatic N) is 3. The van der Waals surface area contributed by atoms with Crippen molar-refractivity contribution in [3.63, 3.8) is 0 Å². The maximum Gasteiger partial charge on any atom is 0.251 e. The zero-order chi connectivity index (χ0) is 33.3. The van der Waals surface area contributed by atoms with Crippen LogP contribution in [-0.4, -0.2) is 68.4 Å². The number of anilines is 1. The van der Waals surface area contributed by atoms with Gasteiger partial charge in [0.15, 0.2) is 0 Å². The van der Waals surface area contributed by atoms with E-state index in [1.54, 1.807) is 62.9 Å². The van der Waals surface area contributed by atoms with Crippen molar-refractivity contribution in [3.8, 4) is 0 Å². The molecule has 47 heavy (non-hydrogen) atoms. The Morgan fingerprint density at radius 3 is 2.26 bits per heavy atom. The minimum Gasteiger partial charge on any atom is -0.394 e. The van der Waals surface area contributed by atoms with E-state index in [0.29, 0.717) is 30.2 Å². The van der Waals surface area contributed by atoms with Crippen molar-refractivity contribution in [2.24, 2.45) is 17.8 Å². The van der Waals surface area contributed by atoms with Crippen LogP contribution < -0.4 is 4.90 Å². The van der Waals surface area contributed by atoms with Gasteiger partial charge < -0.3 is 19.8 Å². The van der Waals surface area contributed by atoms with Gasteiger partial charge in [0.2, 0.25) is 11.8 Å². The molecule has 0 aromatic heterocycles. The number of rotatable bonds is 12. The van der Waals surface area contributed by atoms with Crippen molar-refractivity contribution in [1.29, 1.82) is 0 Å². The molecule has 1 spiro atoms. The van der Waals surface area contributed by atoms with E-state index in [4.69, 9.17) is 11.6 Å². The molecule has 3 fully saturated rings. The normalized spacial score (nSPS) is 26.5. The quantitative estimate of drug-likeness (QED) is 0.234. The molecule has 3 unspecified atom stereocenters. The summed E-state index contributed by atoms with van der Waals surface area (Å²) in [4.78, 5) is 49.8. The molecule has 3 aromatic carbocycles. The number of benzene rings is 3. The fourth-order valence-electron chi connectivity index (χ4n) is 8.01. The van der Waals surface area contributed by atoms with Crippen molar-refractivity contribution < 1.29 is 19.5 Å². The predicted molar refractivity (Wildman–Crippen MR) is 188 cm³/mol. The molecule has 7 atom stereocenters. The number of aliphatic hydroxyl groups is 1. The van der Waals surface area contributed by atoms with Gasteiger partial charge in [-0.3, -0.25) is 14.4 Å². The molecule has 3 amide bonds. The Morgan fingerprint density at radius 2 is 1.64 bits per heavy atom. The highest BCUT2D eigenvalue weighted by atomic mass is 35.5. The van der Waals surface area contributed by atoms with Gasteiger partial charge in [-0.05, 0) is 47.7 Å². The molecule has 244 valence electrons. The van der Waals surface area contributed by atoms with E-state index < -0.39 is 28.7 Å². The second-order valence-corrected chi connectivity index (χ2v) is 14.6. The summed E-state index contributed by atoms with van der Waals surface area (Å²) >= 11 is 7.83. The number of carbonyl (C=O) groups is 3. The van der Waals surface area contributed by atoms with E-state index in [1.807, 2.05) is 60.7 Å². The van der Waals surface area contributed by atoms with Gasteiger partial charge in [-0.25, -0.2) is 0 Å². The van der Waals surface area contributed by atoms with Gasteiger partial charge >= 0.3 is 0 Å². The van der Waals surface area contributed by atoms with Gasteiger partial charge in [0, 0.05) is 35.6 Å². The number of hydrogen-bond acceptors (Lipinski definition) is 5. The first kappa shape index (κ1) is 33.1. The van der Waals surface area contributed by atoms with Gasteiger partial charge in [0.25, 0.3) is 5.91 Å². The Kier molecular flexibility index (Phi) is 9.65. The van der Waals surface area contributed by atoms with Crippen molar-refractivity contribution in [2.75, 3.05) is 24.6 Å². The monoisotopic (exact) mass is 669 g/mol. The van der Waals surface area contributed by atoms with Crippen LogP contribution in [0.2, 0.25) is 5.02 Å². The van der Waals surface area contributed by atoms with Crippen LogP contribution in [0.3, 0.4) is 0 Å². The van der Waals surface area contributed by atoms with Crippen molar-refractivity contribution in [3.05, 3.63) is 126 Å². The summed E-state index contributed by atoms with van der Waals surface area (Å²) in [5, 5.41) is 11.3. The van der Waals surface area contributed by atoms with E-state index in [9.17, 15) is 9.90 Å². The Hall–Kier alpha value is -3.85. The molecule has 3 aliphatic heterocycles. The zero-order valence-electron chi connectivity index (χ0n) is 26.5. The average molecular weight is 670 g/mol. The molecular weight excluding hydrogens is 630 g/mol. The van der Waals surface area contributed by atoms with E-state index in [1.165, 1.54) is 0 Å². The van der Waals surface area contributed by atoms with E-state index in [-0.39, 0.29) is 42.0 Å². The minimum absolute atomic E-state index is 0.0395. The Bertz CT molecular complexity index is 1640. The fourth-order valence-corrected chi connectivity index (χ4v) is 10.5. The number of likely N-dealkylation sites (tertiary alicyclic amines) is 1. The highest BCUT2D eigenvalue weighted by Gasteiger charge is 2.77. The fraction of sp³-hybridized carbons (Fsp3) is 0.342. The summed E-state index contributed by atoms with van der Waals surface area (Å²) in [6.45, 7) is 10.5. The van der Waals surface area contributed by atoms with E-state index in [0.717, 1.165) is 11.1 Å². The molecule has 3 saturated heterocycles. The number of carbonyl (C=O) groups excluding carboxylic acids is 3. The van der Waals surface area contributed by atoms with Crippen LogP contribution in [0.15, 0.2) is 110 Å². The second-order valence-electron chi connectivity index (χ2n) is 12.6. The first-order valence-corrected chi connectivity index (χ1v) is 17.3. The minimum atomic E-state index is -0.933. The van der Waals surface area contributed by atoms with Crippen LogP contribution in [0.25, 0.3) is 0 Å². The van der Waals surface area contributed by atoms with Crippen LogP contribution >= 0.6 is 23.4 Å². The smallest absolute Gasteiger partial charge is 0.251 e. The molecule has 1 N–H and O–H groups in total. The highest BCUT2D eigenvalue weighted by Crippen LogP contribution is 2.69. The van der Waals surface area contributed by atoms with E-state index >= 15 is 9.59 Å². The van der Waals surface area contributed by atoms with Crippen molar-refractivity contribution in [2.45, 2.75) is 42.0 Å². The molecule has 6 rings (SSSR count). The molecular formula is C38H40ClN3O4S. The second kappa shape index (κ2) is 13.7. The molecule has 0 saturated carbocycles. The highest BCUT2D eigenvalue weighted by molar-refractivity contribution is 8.02. The number of halogens is 1. The zero-order valence-corrected chi connectivity index (χ0v) is 28.0. The Balaban J connectivity index is 1.47. The van der Waals surface area contributed by atoms with Crippen molar-refractivity contribution >= 4 is 46.8 Å². The third kappa shape index (κ3) is 5.70. The molecule has 0 radical (unpaired) electrons. The Labute approximate surface area is 285 Å². The van der Waals surface area contributed by atoms with Crippen molar-refractivity contribution in [1.82, 2.24) is 9.80 Å². The molecule has 9 heteroatoms. The van der Waals surface area contributed by atoms with Crippen LogP contribution in [-0.2, 0) is 20.9 Å². The van der Waals surface area contributed by atoms with Crippen LogP contribution in [0.5, 0.6) is 0 Å². The molecule has 3 aliphatic rings. The third-order valence-electron chi connectivity index (χ3n) is 9.99. The summed E-state index contributed by atoms with van der Waals surface area (Å²) in [5.41, 5.74) is 2.35. The van der Waals surface area contributed by atoms with Crippen LogP contribution in [0, 0.1) is 17.8 Å². The molecule has 2 bridgehead atoms. The summed E-state index contributed by atoms with van der Waals surface area (Å²) in [7, 11) is 0. The largest absolute Gasteiger partial charge is 0.394 e. The average Bonchev–Trinajstić information content (AvgIpc) is 3.68. The standard InChI is InChI=1S/C38H40ClN3O4S/c1-4-20-40(23-26-12-8-6-9-13-26)35(44)32-31-22-25(3)38(47-31)33(32)36(45)42(30(24-43)27-14-10-7-11-15-27)34(38)37(46)41(21-5-2)29-18-16-28(39)17-19-29/h4-19,25,30-34,43H,1-2,20-24H2,3H3/t25?,30-,31-,32+,33+,34?,38?/m1/s1. The van der Waals surface area contributed by atoms with Gasteiger partial charge in [0.1, 0.15) is 6.04 Å². The number of thioether (sulfide) groups is 1. The molecule has 3 heterocycles. The molecule has 7 nitrogen and oxygen atoms in total.